The van der Waals surface area contributed by atoms with Crippen molar-refractivity contribution >= 4 is 27.5 Å². The molecule has 2 aromatic carbocycles. The topological polar surface area (TPSA) is 49.3 Å². The number of halogens is 1. The van der Waals surface area contributed by atoms with Crippen molar-refractivity contribution in [1.29, 1.82) is 0 Å². The molecular weight excluding hydrogens is 330 g/mol. The van der Waals surface area contributed by atoms with E-state index in [1.54, 1.807) is 0 Å². The van der Waals surface area contributed by atoms with Gasteiger partial charge in [-0.05, 0) is 42.2 Å². The number of amides is 1. The molecule has 0 radical (unpaired) electrons. The van der Waals surface area contributed by atoms with Gasteiger partial charge in [0.05, 0.1) is 0 Å². The highest BCUT2D eigenvalue weighted by Crippen LogP contribution is 2.32. The van der Waals surface area contributed by atoms with Crippen LogP contribution in [0.3, 0.4) is 0 Å². The number of aliphatic hydroxyl groups is 1. The molecule has 1 aliphatic heterocycles. The van der Waals surface area contributed by atoms with Crippen LogP contribution < -0.4 is 5.32 Å². The molecule has 0 aromatic heterocycles. The molecule has 4 heteroatoms. The maximum atomic E-state index is 11.4. The fourth-order valence-electron chi connectivity index (χ4n) is 2.63. The van der Waals surface area contributed by atoms with Crippen molar-refractivity contribution < 1.29 is 9.90 Å². The summed E-state index contributed by atoms with van der Waals surface area (Å²) in [6, 6.07) is 11.7. The minimum Gasteiger partial charge on any atom is -0.384 e. The van der Waals surface area contributed by atoms with Crippen LogP contribution in [0.5, 0.6) is 0 Å². The van der Waals surface area contributed by atoms with Gasteiger partial charge >= 0.3 is 0 Å². The normalized spacial score (nSPS) is 15.3. The quantitative estimate of drug-likeness (QED) is 0.871. The second kappa shape index (κ2) is 5.62. The summed E-state index contributed by atoms with van der Waals surface area (Å²) in [5.41, 5.74) is 4.74. The molecule has 3 rings (SSSR count). The van der Waals surface area contributed by atoms with Crippen LogP contribution in [-0.2, 0) is 11.2 Å². The van der Waals surface area contributed by atoms with Crippen molar-refractivity contribution in [3.63, 3.8) is 0 Å². The number of benzene rings is 2. The number of aliphatic hydroxyl groups excluding tert-OH is 1. The largest absolute Gasteiger partial charge is 0.384 e. The Hall–Kier alpha value is -1.65. The number of hydrogen-bond donors (Lipinski definition) is 2. The Morgan fingerprint density at radius 3 is 2.81 bits per heavy atom. The SMILES string of the molecule is Cc1ccc(Br)c(C(O)c2ccc3c(c2)CCC(=O)N3)c1. The Morgan fingerprint density at radius 2 is 2.00 bits per heavy atom. The Kier molecular flexibility index (Phi) is 3.83. The lowest BCUT2D eigenvalue weighted by atomic mass is 9.95. The van der Waals surface area contributed by atoms with Gasteiger partial charge in [-0.25, -0.2) is 0 Å². The molecule has 2 aromatic rings. The van der Waals surface area contributed by atoms with E-state index in [0.29, 0.717) is 6.42 Å². The first kappa shape index (κ1) is 14.3. The van der Waals surface area contributed by atoms with E-state index in [4.69, 9.17) is 0 Å². The molecule has 1 heterocycles. The zero-order chi connectivity index (χ0) is 15.0. The Bertz CT molecular complexity index is 712. The average Bonchev–Trinajstić information content (AvgIpc) is 2.48. The maximum Gasteiger partial charge on any atom is 0.224 e. The van der Waals surface area contributed by atoms with E-state index in [1.807, 2.05) is 43.3 Å². The number of aryl methyl sites for hydroxylation is 2. The smallest absolute Gasteiger partial charge is 0.224 e. The van der Waals surface area contributed by atoms with Crippen molar-refractivity contribution in [3.8, 4) is 0 Å². The molecule has 2 N–H and O–H groups in total. The number of hydrogen-bond acceptors (Lipinski definition) is 2. The van der Waals surface area contributed by atoms with Crippen molar-refractivity contribution in [3.05, 3.63) is 63.1 Å². The summed E-state index contributed by atoms with van der Waals surface area (Å²) in [6.07, 6.45) is 0.541. The molecule has 0 saturated heterocycles. The monoisotopic (exact) mass is 345 g/mol. The van der Waals surface area contributed by atoms with E-state index >= 15 is 0 Å². The van der Waals surface area contributed by atoms with Crippen LogP contribution in [0.2, 0.25) is 0 Å². The molecular formula is C17H16BrNO2. The molecule has 0 aliphatic carbocycles. The molecule has 0 fully saturated rings. The zero-order valence-electron chi connectivity index (χ0n) is 11.7. The Morgan fingerprint density at radius 1 is 1.19 bits per heavy atom. The van der Waals surface area contributed by atoms with E-state index in [-0.39, 0.29) is 5.91 Å². The second-order valence-electron chi connectivity index (χ2n) is 5.39. The summed E-state index contributed by atoms with van der Waals surface area (Å²) in [6.45, 7) is 2.01. The maximum absolute atomic E-state index is 11.4. The van der Waals surface area contributed by atoms with E-state index in [9.17, 15) is 9.90 Å². The molecule has 0 bridgehead atoms. The molecule has 3 nitrogen and oxygen atoms in total. The Labute approximate surface area is 132 Å². The number of anilines is 1. The predicted molar refractivity (Wildman–Crippen MR) is 86.3 cm³/mol. The number of nitrogens with one attached hydrogen (secondary N) is 1. The summed E-state index contributed by atoms with van der Waals surface area (Å²) in [5.74, 6) is 0.0530. The van der Waals surface area contributed by atoms with Gasteiger partial charge in [-0.15, -0.1) is 0 Å². The molecule has 1 amide bonds. The average molecular weight is 346 g/mol. The molecule has 108 valence electrons. The third-order valence-electron chi connectivity index (χ3n) is 3.79. The first-order chi connectivity index (χ1) is 10.0. The van der Waals surface area contributed by atoms with E-state index in [2.05, 4.69) is 21.2 Å². The van der Waals surface area contributed by atoms with Gasteiger partial charge in [-0.1, -0.05) is 45.8 Å². The van der Waals surface area contributed by atoms with E-state index in [1.165, 1.54) is 0 Å². The van der Waals surface area contributed by atoms with Crippen LogP contribution in [0, 0.1) is 6.92 Å². The second-order valence-corrected chi connectivity index (χ2v) is 6.25. The van der Waals surface area contributed by atoms with Crippen molar-refractivity contribution in [2.75, 3.05) is 5.32 Å². The van der Waals surface area contributed by atoms with Gasteiger partial charge in [-0.3, -0.25) is 4.79 Å². The molecule has 0 saturated carbocycles. The highest BCUT2D eigenvalue weighted by molar-refractivity contribution is 9.10. The van der Waals surface area contributed by atoms with Gasteiger partial charge in [0.1, 0.15) is 6.10 Å². The highest BCUT2D eigenvalue weighted by atomic mass is 79.9. The number of fused-ring (bicyclic) bond motifs is 1. The number of rotatable bonds is 2. The molecule has 0 spiro atoms. The van der Waals surface area contributed by atoms with Gasteiger partial charge in [0.25, 0.3) is 0 Å². The lowest BCUT2D eigenvalue weighted by molar-refractivity contribution is -0.116. The summed E-state index contributed by atoms with van der Waals surface area (Å²) in [4.78, 5) is 11.4. The summed E-state index contributed by atoms with van der Waals surface area (Å²) < 4.78 is 0.895. The highest BCUT2D eigenvalue weighted by Gasteiger charge is 2.19. The molecule has 1 unspecified atom stereocenters. The van der Waals surface area contributed by atoms with E-state index < -0.39 is 6.10 Å². The van der Waals surface area contributed by atoms with Gasteiger partial charge in [0, 0.05) is 16.6 Å². The fourth-order valence-corrected chi connectivity index (χ4v) is 3.09. The van der Waals surface area contributed by atoms with Gasteiger partial charge in [0.2, 0.25) is 5.91 Å². The predicted octanol–water partition coefficient (Wildman–Crippen LogP) is 3.72. The van der Waals surface area contributed by atoms with Crippen molar-refractivity contribution in [1.82, 2.24) is 0 Å². The van der Waals surface area contributed by atoms with Crippen LogP contribution >= 0.6 is 15.9 Å². The first-order valence-corrected chi connectivity index (χ1v) is 7.70. The van der Waals surface area contributed by atoms with E-state index in [0.717, 1.165) is 38.8 Å². The van der Waals surface area contributed by atoms with Crippen molar-refractivity contribution in [2.24, 2.45) is 0 Å². The van der Waals surface area contributed by atoms with Crippen LogP contribution in [0.4, 0.5) is 5.69 Å². The summed E-state index contributed by atoms with van der Waals surface area (Å²) >= 11 is 3.49. The minimum atomic E-state index is -0.679. The van der Waals surface area contributed by atoms with Crippen molar-refractivity contribution in [2.45, 2.75) is 25.9 Å². The van der Waals surface area contributed by atoms with Crippen LogP contribution in [0.1, 0.15) is 34.8 Å². The van der Waals surface area contributed by atoms with Gasteiger partial charge in [-0.2, -0.15) is 0 Å². The third-order valence-corrected chi connectivity index (χ3v) is 4.51. The van der Waals surface area contributed by atoms with Crippen LogP contribution in [-0.4, -0.2) is 11.0 Å². The number of carbonyl (C=O) groups is 1. The third kappa shape index (κ3) is 2.87. The molecule has 1 aliphatic rings. The number of carbonyl (C=O) groups excluding carboxylic acids is 1. The summed E-state index contributed by atoms with van der Waals surface area (Å²) in [5, 5.41) is 13.5. The lowest BCUT2D eigenvalue weighted by Gasteiger charge is -2.20. The van der Waals surface area contributed by atoms with Gasteiger partial charge in [0.15, 0.2) is 0 Å². The fraction of sp³-hybridized carbons (Fsp3) is 0.235. The van der Waals surface area contributed by atoms with Crippen LogP contribution in [0.25, 0.3) is 0 Å². The first-order valence-electron chi connectivity index (χ1n) is 6.91. The summed E-state index contributed by atoms with van der Waals surface area (Å²) in [7, 11) is 0. The van der Waals surface area contributed by atoms with Crippen LogP contribution in [0.15, 0.2) is 40.9 Å². The van der Waals surface area contributed by atoms with Gasteiger partial charge < -0.3 is 10.4 Å². The molecule has 1 atom stereocenters. The standard InChI is InChI=1S/C17H16BrNO2/c1-10-2-5-14(18)13(8-10)17(21)12-3-6-15-11(9-12)4-7-16(20)19-15/h2-3,5-6,8-9,17,21H,4,7H2,1H3,(H,19,20). The Balaban J connectivity index is 1.97. The molecule has 21 heavy (non-hydrogen) atoms. The lowest BCUT2D eigenvalue weighted by Crippen LogP contribution is -2.19. The zero-order valence-corrected chi connectivity index (χ0v) is 13.3. The minimum absolute atomic E-state index is 0.0530.